The lowest BCUT2D eigenvalue weighted by molar-refractivity contribution is 0.412. The monoisotopic (exact) mass is 376 g/mol. The van der Waals surface area contributed by atoms with Crippen LogP contribution in [0.2, 0.25) is 0 Å². The summed E-state index contributed by atoms with van der Waals surface area (Å²) in [6, 6.07) is 6.52. The SMILES string of the molecule is COc1cc(NS(=O)(=O)c2ccsc2CN)ccc1Br. The van der Waals surface area contributed by atoms with Crippen molar-refractivity contribution >= 4 is 43.0 Å². The second kappa shape index (κ2) is 6.13. The van der Waals surface area contributed by atoms with Gasteiger partial charge in [0.15, 0.2) is 0 Å². The van der Waals surface area contributed by atoms with Gasteiger partial charge in [-0.1, -0.05) is 0 Å². The average Bonchev–Trinajstić information content (AvgIpc) is 2.90. The number of halogens is 1. The lowest BCUT2D eigenvalue weighted by Gasteiger charge is -2.10. The molecule has 0 aliphatic carbocycles. The summed E-state index contributed by atoms with van der Waals surface area (Å²) < 4.78 is 33.0. The third kappa shape index (κ3) is 3.14. The van der Waals surface area contributed by atoms with Crippen LogP contribution in [0.1, 0.15) is 4.88 Å². The van der Waals surface area contributed by atoms with Gasteiger partial charge in [0.05, 0.1) is 17.3 Å². The van der Waals surface area contributed by atoms with Crippen LogP contribution in [-0.2, 0) is 16.6 Å². The van der Waals surface area contributed by atoms with E-state index in [9.17, 15) is 8.42 Å². The number of nitrogens with one attached hydrogen (secondary N) is 1. The van der Waals surface area contributed by atoms with E-state index >= 15 is 0 Å². The molecule has 0 amide bonds. The summed E-state index contributed by atoms with van der Waals surface area (Å²) in [5.41, 5.74) is 5.97. The van der Waals surface area contributed by atoms with Crippen molar-refractivity contribution < 1.29 is 13.2 Å². The van der Waals surface area contributed by atoms with Crippen molar-refractivity contribution in [2.24, 2.45) is 5.73 Å². The summed E-state index contributed by atoms with van der Waals surface area (Å²) in [5.74, 6) is 0.551. The van der Waals surface area contributed by atoms with E-state index in [2.05, 4.69) is 20.7 Å². The fourth-order valence-electron chi connectivity index (χ4n) is 1.65. The quantitative estimate of drug-likeness (QED) is 0.840. The standard InChI is InChI=1S/C12H13BrN2O3S2/c1-18-10-6-8(2-3-9(10)13)15-20(16,17)12-4-5-19-11(12)7-14/h2-6,15H,7,14H2,1H3. The number of ether oxygens (including phenoxy) is 1. The Labute approximate surface area is 129 Å². The summed E-state index contributed by atoms with van der Waals surface area (Å²) >= 11 is 4.64. The smallest absolute Gasteiger partial charge is 0.263 e. The summed E-state index contributed by atoms with van der Waals surface area (Å²) in [6.07, 6.45) is 0. The van der Waals surface area contributed by atoms with E-state index in [0.29, 0.717) is 16.3 Å². The molecule has 8 heteroatoms. The predicted molar refractivity (Wildman–Crippen MR) is 83.7 cm³/mol. The van der Waals surface area contributed by atoms with Gasteiger partial charge in [0.25, 0.3) is 10.0 Å². The molecule has 1 aromatic heterocycles. The van der Waals surface area contributed by atoms with Gasteiger partial charge in [-0.2, -0.15) is 0 Å². The van der Waals surface area contributed by atoms with E-state index < -0.39 is 10.0 Å². The molecule has 0 saturated heterocycles. The summed E-state index contributed by atoms with van der Waals surface area (Å²) in [6.45, 7) is 0.192. The highest BCUT2D eigenvalue weighted by Gasteiger charge is 2.19. The molecule has 1 heterocycles. The molecule has 0 spiro atoms. The fourth-order valence-corrected chi connectivity index (χ4v) is 4.44. The molecule has 0 aliphatic rings. The van der Waals surface area contributed by atoms with Crippen LogP contribution in [-0.4, -0.2) is 15.5 Å². The molecule has 0 fully saturated rings. The van der Waals surface area contributed by atoms with Crippen molar-refractivity contribution in [2.75, 3.05) is 11.8 Å². The van der Waals surface area contributed by atoms with Gasteiger partial charge in [0, 0.05) is 17.5 Å². The lowest BCUT2D eigenvalue weighted by Crippen LogP contribution is -2.14. The van der Waals surface area contributed by atoms with Crippen LogP contribution in [0.5, 0.6) is 5.75 Å². The van der Waals surface area contributed by atoms with E-state index in [1.54, 1.807) is 29.6 Å². The van der Waals surface area contributed by atoms with Gasteiger partial charge in [-0.3, -0.25) is 4.72 Å². The number of thiophene rings is 1. The minimum atomic E-state index is -3.64. The highest BCUT2D eigenvalue weighted by Crippen LogP contribution is 2.30. The maximum Gasteiger partial charge on any atom is 0.263 e. The van der Waals surface area contributed by atoms with Gasteiger partial charge in [-0.05, 0) is 39.5 Å². The summed E-state index contributed by atoms with van der Waals surface area (Å²) in [7, 11) is -2.12. The minimum absolute atomic E-state index is 0.192. The van der Waals surface area contributed by atoms with Crippen molar-refractivity contribution in [1.82, 2.24) is 0 Å². The maximum absolute atomic E-state index is 12.3. The molecule has 108 valence electrons. The molecule has 3 N–H and O–H groups in total. The van der Waals surface area contributed by atoms with Crippen molar-refractivity contribution in [3.63, 3.8) is 0 Å². The number of anilines is 1. The van der Waals surface area contributed by atoms with Gasteiger partial charge >= 0.3 is 0 Å². The largest absolute Gasteiger partial charge is 0.495 e. The van der Waals surface area contributed by atoms with Crippen LogP contribution in [0.15, 0.2) is 39.0 Å². The molecule has 0 unspecified atom stereocenters. The molecule has 0 aliphatic heterocycles. The zero-order valence-electron chi connectivity index (χ0n) is 10.6. The highest BCUT2D eigenvalue weighted by atomic mass is 79.9. The van der Waals surface area contributed by atoms with Gasteiger partial charge in [-0.25, -0.2) is 8.42 Å². The zero-order valence-corrected chi connectivity index (χ0v) is 13.8. The Morgan fingerprint density at radius 3 is 2.80 bits per heavy atom. The van der Waals surface area contributed by atoms with Crippen LogP contribution >= 0.6 is 27.3 Å². The van der Waals surface area contributed by atoms with Gasteiger partial charge in [0.1, 0.15) is 10.6 Å². The van der Waals surface area contributed by atoms with Gasteiger partial charge in [0.2, 0.25) is 0 Å². The molecule has 2 aromatic rings. The first kappa shape index (κ1) is 15.3. The molecule has 1 aromatic carbocycles. The van der Waals surface area contributed by atoms with Crippen LogP contribution in [0.25, 0.3) is 0 Å². The van der Waals surface area contributed by atoms with Gasteiger partial charge < -0.3 is 10.5 Å². The van der Waals surface area contributed by atoms with Crippen molar-refractivity contribution in [3.8, 4) is 5.75 Å². The molecule has 0 saturated carbocycles. The first-order chi connectivity index (χ1) is 9.47. The van der Waals surface area contributed by atoms with Crippen molar-refractivity contribution in [3.05, 3.63) is 39.0 Å². The van der Waals surface area contributed by atoms with Crippen molar-refractivity contribution in [1.29, 1.82) is 0 Å². The number of rotatable bonds is 5. The zero-order chi connectivity index (χ0) is 14.8. The van der Waals surface area contributed by atoms with Crippen LogP contribution < -0.4 is 15.2 Å². The number of hydrogen-bond donors (Lipinski definition) is 2. The maximum atomic E-state index is 12.3. The Bertz CT molecular complexity index is 713. The van der Waals surface area contributed by atoms with Crippen LogP contribution in [0.4, 0.5) is 5.69 Å². The first-order valence-corrected chi connectivity index (χ1v) is 8.76. The Kier molecular flexibility index (Phi) is 4.69. The first-order valence-electron chi connectivity index (χ1n) is 5.60. The normalized spacial score (nSPS) is 11.3. The summed E-state index contributed by atoms with van der Waals surface area (Å²) in [4.78, 5) is 0.841. The van der Waals surface area contributed by atoms with E-state index in [1.165, 1.54) is 18.4 Å². The third-order valence-electron chi connectivity index (χ3n) is 2.58. The summed E-state index contributed by atoms with van der Waals surface area (Å²) in [5, 5.41) is 1.71. The Morgan fingerprint density at radius 1 is 1.40 bits per heavy atom. The predicted octanol–water partition coefficient (Wildman–Crippen LogP) is 2.78. The number of sulfonamides is 1. The molecule has 2 rings (SSSR count). The van der Waals surface area contributed by atoms with Crippen LogP contribution in [0.3, 0.4) is 0 Å². The molecular formula is C12H13BrN2O3S2. The van der Waals surface area contributed by atoms with Crippen LogP contribution in [0, 0.1) is 0 Å². The number of methoxy groups -OCH3 is 1. The topological polar surface area (TPSA) is 81.4 Å². The molecule has 0 radical (unpaired) electrons. The molecule has 5 nitrogen and oxygen atoms in total. The molecule has 0 bridgehead atoms. The highest BCUT2D eigenvalue weighted by molar-refractivity contribution is 9.10. The molecule has 0 atom stereocenters. The average molecular weight is 377 g/mol. The Morgan fingerprint density at radius 2 is 2.15 bits per heavy atom. The second-order valence-electron chi connectivity index (χ2n) is 3.87. The van der Waals surface area contributed by atoms with E-state index in [1.807, 2.05) is 0 Å². The molecular weight excluding hydrogens is 364 g/mol. The Balaban J connectivity index is 2.33. The second-order valence-corrected chi connectivity index (χ2v) is 7.37. The van der Waals surface area contributed by atoms with E-state index in [4.69, 9.17) is 10.5 Å². The fraction of sp³-hybridized carbons (Fsp3) is 0.167. The van der Waals surface area contributed by atoms with Gasteiger partial charge in [-0.15, -0.1) is 11.3 Å². The number of hydrogen-bond acceptors (Lipinski definition) is 5. The van der Waals surface area contributed by atoms with E-state index in [0.717, 1.165) is 4.47 Å². The Hall–Kier alpha value is -1.09. The molecule has 20 heavy (non-hydrogen) atoms. The van der Waals surface area contributed by atoms with Crippen molar-refractivity contribution in [2.45, 2.75) is 11.4 Å². The number of nitrogens with two attached hydrogens (primary N) is 1. The number of benzene rings is 1. The lowest BCUT2D eigenvalue weighted by atomic mass is 10.3. The van der Waals surface area contributed by atoms with E-state index in [-0.39, 0.29) is 11.4 Å². The minimum Gasteiger partial charge on any atom is -0.495 e. The third-order valence-corrected chi connectivity index (χ3v) is 5.78.